The second-order valence-electron chi connectivity index (χ2n) is 5.55. The van der Waals surface area contributed by atoms with E-state index in [1.54, 1.807) is 0 Å². The second kappa shape index (κ2) is 6.66. The maximum atomic E-state index is 12.7. The summed E-state index contributed by atoms with van der Waals surface area (Å²) >= 11 is 0. The van der Waals surface area contributed by atoms with E-state index >= 15 is 0 Å². The number of hydrogen-bond donors (Lipinski definition) is 1. The number of sulfonamides is 1. The molecule has 22 heavy (non-hydrogen) atoms. The monoisotopic (exact) mass is 326 g/mol. The molecule has 1 saturated heterocycles. The Hall–Kier alpha value is -1.60. The third-order valence-corrected chi connectivity index (χ3v) is 5.76. The summed E-state index contributed by atoms with van der Waals surface area (Å²) in [5.74, 6) is 0.325. The Morgan fingerprint density at radius 2 is 2.14 bits per heavy atom. The van der Waals surface area contributed by atoms with E-state index in [4.69, 9.17) is 4.74 Å². The molecule has 0 aromatic heterocycles. The Kier molecular flexibility index (Phi) is 5.08. The molecule has 7 heteroatoms. The molecule has 1 aliphatic rings. The number of hydrogen-bond acceptors (Lipinski definition) is 4. The lowest BCUT2D eigenvalue weighted by Gasteiger charge is -2.30. The lowest BCUT2D eigenvalue weighted by atomic mass is 10.0. The first kappa shape index (κ1) is 16.8. The van der Waals surface area contributed by atoms with Crippen molar-refractivity contribution in [2.45, 2.75) is 24.7 Å². The summed E-state index contributed by atoms with van der Waals surface area (Å²) in [6.45, 7) is 3.09. The highest BCUT2D eigenvalue weighted by Crippen LogP contribution is 2.27. The molecule has 1 fully saturated rings. The van der Waals surface area contributed by atoms with Crippen LogP contribution < -0.4 is 10.1 Å². The standard InChI is InChI=1S/C15H22N2O4S/c1-11-5-4-8-17(10-11)22(19,20)12-6-7-14(21-3)13(9-12)15(18)16-2/h6-7,9,11H,4-5,8,10H2,1-3H3,(H,16,18). The van der Waals surface area contributed by atoms with Gasteiger partial charge in [-0.3, -0.25) is 4.79 Å². The van der Waals surface area contributed by atoms with Gasteiger partial charge in [0.1, 0.15) is 5.75 Å². The van der Waals surface area contributed by atoms with E-state index in [1.807, 2.05) is 6.92 Å². The van der Waals surface area contributed by atoms with Crippen LogP contribution in [-0.4, -0.2) is 45.9 Å². The number of nitrogens with zero attached hydrogens (tertiary/aromatic N) is 1. The average Bonchev–Trinajstić information content (AvgIpc) is 2.53. The normalized spacial score (nSPS) is 19.7. The van der Waals surface area contributed by atoms with Crippen LogP contribution in [0.1, 0.15) is 30.1 Å². The molecular formula is C15H22N2O4S. The molecule has 1 heterocycles. The Balaban J connectivity index is 2.41. The zero-order chi connectivity index (χ0) is 16.3. The lowest BCUT2D eigenvalue weighted by Crippen LogP contribution is -2.39. The van der Waals surface area contributed by atoms with Crippen molar-refractivity contribution in [3.63, 3.8) is 0 Å². The quantitative estimate of drug-likeness (QED) is 0.909. The van der Waals surface area contributed by atoms with Gasteiger partial charge in [0.15, 0.2) is 0 Å². The molecule has 1 atom stereocenters. The highest BCUT2D eigenvalue weighted by molar-refractivity contribution is 7.89. The third kappa shape index (κ3) is 3.25. The number of ether oxygens (including phenoxy) is 1. The largest absolute Gasteiger partial charge is 0.496 e. The molecule has 1 aromatic rings. The summed E-state index contributed by atoms with van der Waals surface area (Å²) in [5.41, 5.74) is 0.219. The van der Waals surface area contributed by atoms with Crippen molar-refractivity contribution < 1.29 is 17.9 Å². The minimum atomic E-state index is -3.59. The highest BCUT2D eigenvalue weighted by atomic mass is 32.2. The van der Waals surface area contributed by atoms with Crippen LogP contribution in [0.15, 0.2) is 23.1 Å². The Morgan fingerprint density at radius 3 is 2.73 bits per heavy atom. The Labute approximate surface area is 131 Å². The van der Waals surface area contributed by atoms with Gasteiger partial charge < -0.3 is 10.1 Å². The van der Waals surface area contributed by atoms with E-state index in [-0.39, 0.29) is 16.4 Å². The molecule has 1 aliphatic heterocycles. The molecular weight excluding hydrogens is 304 g/mol. The van der Waals surface area contributed by atoms with Crippen molar-refractivity contribution in [1.29, 1.82) is 0 Å². The van der Waals surface area contributed by atoms with E-state index in [0.29, 0.717) is 24.8 Å². The molecule has 0 radical (unpaired) electrons. The predicted molar refractivity (Wildman–Crippen MR) is 83.5 cm³/mol. The van der Waals surface area contributed by atoms with Gasteiger partial charge in [-0.25, -0.2) is 8.42 Å². The Bertz CT molecular complexity index is 658. The van der Waals surface area contributed by atoms with Crippen molar-refractivity contribution in [2.24, 2.45) is 5.92 Å². The maximum Gasteiger partial charge on any atom is 0.254 e. The minimum Gasteiger partial charge on any atom is -0.496 e. The zero-order valence-electron chi connectivity index (χ0n) is 13.1. The summed E-state index contributed by atoms with van der Waals surface area (Å²) in [7, 11) is -0.644. The van der Waals surface area contributed by atoms with Crippen molar-refractivity contribution in [2.75, 3.05) is 27.2 Å². The number of amides is 1. The molecule has 0 spiro atoms. The molecule has 6 nitrogen and oxygen atoms in total. The fourth-order valence-electron chi connectivity index (χ4n) is 2.67. The van der Waals surface area contributed by atoms with Gasteiger partial charge in [-0.15, -0.1) is 0 Å². The van der Waals surface area contributed by atoms with Crippen LogP contribution >= 0.6 is 0 Å². The molecule has 1 aromatic carbocycles. The first-order chi connectivity index (χ1) is 10.4. The molecule has 122 valence electrons. The van der Waals surface area contributed by atoms with Gasteiger partial charge in [0.05, 0.1) is 17.6 Å². The van der Waals surface area contributed by atoms with Crippen LogP contribution in [0.3, 0.4) is 0 Å². The van der Waals surface area contributed by atoms with Gasteiger partial charge in [-0.2, -0.15) is 4.31 Å². The minimum absolute atomic E-state index is 0.126. The first-order valence-electron chi connectivity index (χ1n) is 7.30. The van der Waals surface area contributed by atoms with Gasteiger partial charge in [-0.1, -0.05) is 6.92 Å². The molecule has 0 bridgehead atoms. The molecule has 1 amide bonds. The van der Waals surface area contributed by atoms with Crippen molar-refractivity contribution in [3.8, 4) is 5.75 Å². The summed E-state index contributed by atoms with van der Waals surface area (Å²) < 4.78 is 32.1. The van der Waals surface area contributed by atoms with Gasteiger partial charge in [0.2, 0.25) is 10.0 Å². The zero-order valence-corrected chi connectivity index (χ0v) is 13.9. The summed E-state index contributed by atoms with van der Waals surface area (Å²) in [6, 6.07) is 4.39. The van der Waals surface area contributed by atoms with Crippen LogP contribution in [-0.2, 0) is 10.0 Å². The van der Waals surface area contributed by atoms with Crippen LogP contribution in [0.2, 0.25) is 0 Å². The van der Waals surface area contributed by atoms with E-state index in [2.05, 4.69) is 5.32 Å². The second-order valence-corrected chi connectivity index (χ2v) is 7.49. The van der Waals surface area contributed by atoms with Gasteiger partial charge in [-0.05, 0) is 37.0 Å². The molecule has 1 unspecified atom stereocenters. The smallest absolute Gasteiger partial charge is 0.254 e. The van der Waals surface area contributed by atoms with Gasteiger partial charge in [0, 0.05) is 20.1 Å². The van der Waals surface area contributed by atoms with Crippen LogP contribution in [0.25, 0.3) is 0 Å². The number of nitrogens with one attached hydrogen (secondary N) is 1. The average molecular weight is 326 g/mol. The molecule has 0 saturated carbocycles. The Morgan fingerprint density at radius 1 is 1.41 bits per heavy atom. The lowest BCUT2D eigenvalue weighted by molar-refractivity contribution is 0.0960. The number of carbonyl (C=O) groups is 1. The number of benzene rings is 1. The molecule has 1 N–H and O–H groups in total. The van der Waals surface area contributed by atoms with Crippen LogP contribution in [0.4, 0.5) is 0 Å². The summed E-state index contributed by atoms with van der Waals surface area (Å²) in [5, 5.41) is 2.49. The van der Waals surface area contributed by atoms with E-state index in [9.17, 15) is 13.2 Å². The highest BCUT2D eigenvalue weighted by Gasteiger charge is 2.29. The van der Waals surface area contributed by atoms with Crippen LogP contribution in [0.5, 0.6) is 5.75 Å². The predicted octanol–water partition coefficient (Wildman–Crippen LogP) is 1.48. The van der Waals surface area contributed by atoms with E-state index in [0.717, 1.165) is 12.8 Å². The van der Waals surface area contributed by atoms with E-state index < -0.39 is 10.0 Å². The van der Waals surface area contributed by atoms with E-state index in [1.165, 1.54) is 36.7 Å². The van der Waals surface area contributed by atoms with Crippen LogP contribution in [0, 0.1) is 5.92 Å². The third-order valence-electron chi connectivity index (χ3n) is 3.90. The van der Waals surface area contributed by atoms with Crippen molar-refractivity contribution in [1.82, 2.24) is 9.62 Å². The maximum absolute atomic E-state index is 12.7. The fourth-order valence-corrected chi connectivity index (χ4v) is 4.30. The summed E-state index contributed by atoms with van der Waals surface area (Å²) in [6.07, 6.45) is 1.90. The van der Waals surface area contributed by atoms with Gasteiger partial charge in [0.25, 0.3) is 5.91 Å². The number of rotatable bonds is 4. The number of methoxy groups -OCH3 is 1. The topological polar surface area (TPSA) is 75.7 Å². The molecule has 2 rings (SSSR count). The van der Waals surface area contributed by atoms with Crippen molar-refractivity contribution >= 4 is 15.9 Å². The fraction of sp³-hybridized carbons (Fsp3) is 0.533. The number of piperidine rings is 1. The summed E-state index contributed by atoms with van der Waals surface area (Å²) in [4.78, 5) is 12.0. The number of carbonyl (C=O) groups excluding carboxylic acids is 1. The van der Waals surface area contributed by atoms with Crippen molar-refractivity contribution in [3.05, 3.63) is 23.8 Å². The molecule has 0 aliphatic carbocycles. The van der Waals surface area contributed by atoms with Gasteiger partial charge >= 0.3 is 0 Å². The SMILES string of the molecule is CNC(=O)c1cc(S(=O)(=O)N2CCCC(C)C2)ccc1OC. The first-order valence-corrected chi connectivity index (χ1v) is 8.74.